The van der Waals surface area contributed by atoms with Gasteiger partial charge in [-0.25, -0.2) is 0 Å². The molecule has 0 aromatic heterocycles. The second-order valence-electron chi connectivity index (χ2n) is 6.29. The zero-order chi connectivity index (χ0) is 21.5. The summed E-state index contributed by atoms with van der Waals surface area (Å²) in [6.07, 6.45) is -2.50. The molecule has 0 bridgehead atoms. The summed E-state index contributed by atoms with van der Waals surface area (Å²) >= 11 is 0. The molecule has 0 aliphatic carbocycles. The summed E-state index contributed by atoms with van der Waals surface area (Å²) in [5, 5.41) is 57.2. The fourth-order valence-electron chi connectivity index (χ4n) is 0. The van der Waals surface area contributed by atoms with Gasteiger partial charge < -0.3 is 30.6 Å². The molecule has 0 heterocycles. The summed E-state index contributed by atoms with van der Waals surface area (Å²) in [7, 11) is 0. The Bertz CT molecular complexity index is 107. The van der Waals surface area contributed by atoms with Crippen molar-refractivity contribution < 1.29 is 66.2 Å². The van der Waals surface area contributed by atoms with Gasteiger partial charge in [0.05, 0.1) is 0 Å². The van der Waals surface area contributed by atoms with Gasteiger partial charge >= 0.3 is 35.6 Å². The van der Waals surface area contributed by atoms with E-state index in [1.807, 2.05) is 0 Å². The van der Waals surface area contributed by atoms with E-state index in [1.54, 1.807) is 83.1 Å². The first-order valence-electron chi connectivity index (χ1n) is 8.34. The first-order chi connectivity index (χ1) is 10.4. The van der Waals surface area contributed by atoms with E-state index in [9.17, 15) is 30.6 Å². The molecule has 0 spiro atoms. The maximum Gasteiger partial charge on any atom is 3.00 e. The second-order valence-corrected chi connectivity index (χ2v) is 6.29. The molecule has 26 heavy (non-hydrogen) atoms. The van der Waals surface area contributed by atoms with Crippen LogP contribution in [0.15, 0.2) is 0 Å². The maximum atomic E-state index is 9.53. The van der Waals surface area contributed by atoms with Gasteiger partial charge in [-0.2, -0.15) is 0 Å². The average molecular weight is 520 g/mol. The van der Waals surface area contributed by atoms with Crippen molar-refractivity contribution in [3.8, 4) is 0 Å². The third-order valence-corrected chi connectivity index (χ3v) is 0. The van der Waals surface area contributed by atoms with Gasteiger partial charge in [0.25, 0.3) is 0 Å². The predicted octanol–water partition coefficient (Wildman–Crippen LogP) is -1.85. The van der Waals surface area contributed by atoms with E-state index >= 15 is 0 Å². The van der Waals surface area contributed by atoms with Crippen LogP contribution in [0.3, 0.4) is 0 Å². The largest absolute Gasteiger partial charge is 3.00 e. The summed E-state index contributed by atoms with van der Waals surface area (Å²) in [4.78, 5) is 0. The molecule has 0 saturated carbocycles. The molecule has 0 saturated heterocycles. The quantitative estimate of drug-likeness (QED) is 0.344. The molecule has 0 atom stereocenters. The first kappa shape index (κ1) is 50.8. The normalized spacial score (nSPS) is 8.31. The van der Waals surface area contributed by atoms with Crippen molar-refractivity contribution >= 4 is 17.4 Å². The van der Waals surface area contributed by atoms with Crippen molar-refractivity contribution in [3.63, 3.8) is 0 Å². The Morgan fingerprint density at radius 3 is 0.308 bits per heavy atom. The molecule has 0 unspecified atom stereocenters. The zero-order valence-electron chi connectivity index (χ0n) is 19.1. The van der Waals surface area contributed by atoms with E-state index < -0.39 is 36.6 Å². The zero-order valence-corrected chi connectivity index (χ0v) is 23.8. The summed E-state index contributed by atoms with van der Waals surface area (Å²) in [6, 6.07) is 0. The van der Waals surface area contributed by atoms with Gasteiger partial charge in [0, 0.05) is 17.4 Å². The Hall–Kier alpha value is 1.49. The smallest absolute Gasteiger partial charge is 0.852 e. The van der Waals surface area contributed by atoms with Crippen LogP contribution in [0, 0.1) is 35.6 Å². The van der Waals surface area contributed by atoms with Crippen LogP contribution in [0.5, 0.6) is 0 Å². The summed E-state index contributed by atoms with van der Waals surface area (Å²) in [5.74, 6) is 0. The second kappa shape index (κ2) is 45.3. The molecular formula is C18H42AlLaO6-3. The van der Waals surface area contributed by atoms with E-state index in [1.165, 1.54) is 0 Å². The fourth-order valence-corrected chi connectivity index (χ4v) is 0. The molecule has 0 aromatic rings. The molecule has 159 valence electrons. The van der Waals surface area contributed by atoms with E-state index in [0.29, 0.717) is 0 Å². The van der Waals surface area contributed by atoms with Crippen LogP contribution in [-0.4, -0.2) is 54.0 Å². The number of rotatable bonds is 0. The van der Waals surface area contributed by atoms with E-state index in [2.05, 4.69) is 0 Å². The van der Waals surface area contributed by atoms with Gasteiger partial charge in [0.1, 0.15) is 0 Å². The Balaban J connectivity index is -0.0000000245. The van der Waals surface area contributed by atoms with Gasteiger partial charge in [0.15, 0.2) is 0 Å². The summed E-state index contributed by atoms with van der Waals surface area (Å²) < 4.78 is 0. The third kappa shape index (κ3) is 6910. The summed E-state index contributed by atoms with van der Waals surface area (Å²) in [5.41, 5.74) is 0. The number of hydrogen-bond acceptors (Lipinski definition) is 6. The van der Waals surface area contributed by atoms with E-state index in [0.717, 1.165) is 0 Å². The molecular weight excluding hydrogens is 478 g/mol. The SMILES string of the molecule is CC(C)[O-].CC(C)[O-].CC(C)[O-].CC(C)[O-].CC(C)[O-].CC(C)[O-].[Al].[La+3]. The molecule has 0 fully saturated rings. The molecule has 0 rings (SSSR count). The van der Waals surface area contributed by atoms with Gasteiger partial charge in [-0.05, 0) is 0 Å². The third-order valence-electron chi connectivity index (χ3n) is 0. The van der Waals surface area contributed by atoms with Crippen molar-refractivity contribution in [1.29, 1.82) is 0 Å². The minimum atomic E-state index is -0.417. The molecule has 0 aliphatic rings. The molecule has 6 nitrogen and oxygen atoms in total. The molecule has 8 heteroatoms. The van der Waals surface area contributed by atoms with Crippen LogP contribution in [0.4, 0.5) is 0 Å². The van der Waals surface area contributed by atoms with Gasteiger partial charge in [0.2, 0.25) is 0 Å². The molecule has 0 N–H and O–H groups in total. The van der Waals surface area contributed by atoms with Gasteiger partial charge in [-0.3, -0.25) is 0 Å². The van der Waals surface area contributed by atoms with Crippen LogP contribution >= 0.6 is 0 Å². The van der Waals surface area contributed by atoms with Crippen LogP contribution in [0.1, 0.15) is 83.1 Å². The maximum absolute atomic E-state index is 9.53. The van der Waals surface area contributed by atoms with Crippen molar-refractivity contribution in [1.82, 2.24) is 0 Å². The number of hydrogen-bond donors (Lipinski definition) is 0. The monoisotopic (exact) mass is 520 g/mol. The van der Waals surface area contributed by atoms with E-state index in [-0.39, 0.29) is 53.0 Å². The van der Waals surface area contributed by atoms with Crippen LogP contribution in [0.25, 0.3) is 0 Å². The Labute approximate surface area is 202 Å². The van der Waals surface area contributed by atoms with Crippen LogP contribution < -0.4 is 30.6 Å². The Morgan fingerprint density at radius 1 is 0.308 bits per heavy atom. The van der Waals surface area contributed by atoms with Crippen molar-refractivity contribution in [2.75, 3.05) is 0 Å². The molecule has 0 amide bonds. The van der Waals surface area contributed by atoms with Crippen LogP contribution in [0.2, 0.25) is 0 Å². The fraction of sp³-hybridized carbons (Fsp3) is 1.00. The Kier molecular flexibility index (Phi) is 88.5. The topological polar surface area (TPSA) is 138 Å². The molecule has 0 aromatic carbocycles. The Morgan fingerprint density at radius 2 is 0.308 bits per heavy atom. The van der Waals surface area contributed by atoms with Crippen molar-refractivity contribution in [2.24, 2.45) is 0 Å². The molecule has 3 radical (unpaired) electrons. The minimum Gasteiger partial charge on any atom is -0.852 e. The van der Waals surface area contributed by atoms with Crippen LogP contribution in [-0.2, 0) is 0 Å². The van der Waals surface area contributed by atoms with E-state index in [4.69, 9.17) is 0 Å². The summed E-state index contributed by atoms with van der Waals surface area (Å²) in [6.45, 7) is 19.3. The molecule has 0 aliphatic heterocycles. The van der Waals surface area contributed by atoms with Crippen molar-refractivity contribution in [3.05, 3.63) is 0 Å². The standard InChI is InChI=1S/6C3H7O.Al.La/c6*1-3(2)4;;/h6*3H,1-2H3;;/q6*-1;;+3. The minimum absolute atomic E-state index is 0. The average Bonchev–Trinajstić information content (AvgIpc) is 2.08. The first-order valence-corrected chi connectivity index (χ1v) is 8.34. The van der Waals surface area contributed by atoms with Crippen molar-refractivity contribution in [2.45, 2.75) is 120 Å². The predicted molar refractivity (Wildman–Crippen MR) is 96.6 cm³/mol. The van der Waals surface area contributed by atoms with Gasteiger partial charge in [-0.15, -0.1) is 36.6 Å². The van der Waals surface area contributed by atoms with Gasteiger partial charge in [-0.1, -0.05) is 83.1 Å².